The number of esters is 2. The van der Waals surface area contributed by atoms with E-state index in [2.05, 4.69) is 9.73 Å². The van der Waals surface area contributed by atoms with Gasteiger partial charge in [0.2, 0.25) is 0 Å². The van der Waals surface area contributed by atoms with Gasteiger partial charge in [0.25, 0.3) is 0 Å². The molecule has 0 aliphatic rings. The van der Waals surface area contributed by atoms with Gasteiger partial charge in [-0.05, 0) is 19.6 Å². The Hall–Kier alpha value is -1.30. The van der Waals surface area contributed by atoms with Crippen molar-refractivity contribution in [1.29, 1.82) is 0 Å². The summed E-state index contributed by atoms with van der Waals surface area (Å²) in [5.74, 6) is -1.89. The minimum atomic E-state index is -1.50. The van der Waals surface area contributed by atoms with E-state index in [0.29, 0.717) is 0 Å². The second kappa shape index (κ2) is 7.05. The van der Waals surface area contributed by atoms with Gasteiger partial charge in [0.15, 0.2) is 0 Å². The predicted molar refractivity (Wildman–Crippen MR) is 53.3 cm³/mol. The summed E-state index contributed by atoms with van der Waals surface area (Å²) in [6, 6.07) is -1.41. The van der Waals surface area contributed by atoms with E-state index in [1.165, 1.54) is 6.21 Å². The molecular weight excluding hydrogens is 203 g/mol. The minimum Gasteiger partial charge on any atom is -0.391 e. The third kappa shape index (κ3) is 5.21. The van der Waals surface area contributed by atoms with Gasteiger partial charge in [-0.15, -0.1) is 0 Å². The molecular formula is C9H15FN2O3. The Morgan fingerprint density at radius 3 is 2.67 bits per heavy atom. The van der Waals surface area contributed by atoms with Crippen molar-refractivity contribution in [3.63, 3.8) is 0 Å². The Bertz CT molecular complexity index is 256. The van der Waals surface area contributed by atoms with E-state index in [0.717, 1.165) is 0 Å². The summed E-state index contributed by atoms with van der Waals surface area (Å²) < 4.78 is 17.2. The highest BCUT2D eigenvalue weighted by Gasteiger charge is 2.26. The highest BCUT2D eigenvalue weighted by Crippen LogP contribution is 2.03. The lowest BCUT2D eigenvalue weighted by Crippen LogP contribution is -2.41. The zero-order chi connectivity index (χ0) is 11.8. The number of nitrogens with two attached hydrogens (primary N) is 1. The molecule has 0 aliphatic carbocycles. The Morgan fingerprint density at radius 2 is 2.20 bits per heavy atom. The van der Waals surface area contributed by atoms with Gasteiger partial charge in [0.05, 0.1) is 0 Å². The zero-order valence-corrected chi connectivity index (χ0v) is 8.77. The van der Waals surface area contributed by atoms with Gasteiger partial charge < -0.3 is 10.5 Å². The molecule has 0 aromatic heterocycles. The third-order valence-corrected chi connectivity index (χ3v) is 1.67. The number of carbonyl (C=O) groups is 2. The van der Waals surface area contributed by atoms with E-state index in [1.54, 1.807) is 13.8 Å². The quantitative estimate of drug-likeness (QED) is 0.406. The lowest BCUT2D eigenvalue weighted by atomic mass is 10.1. The summed E-state index contributed by atoms with van der Waals surface area (Å²) in [5, 5.41) is 0. The van der Waals surface area contributed by atoms with E-state index in [4.69, 9.17) is 5.73 Å². The molecule has 0 aromatic rings. The maximum atomic E-state index is 12.9. The molecule has 2 unspecified atom stereocenters. The van der Waals surface area contributed by atoms with Crippen LogP contribution in [0.4, 0.5) is 4.39 Å². The zero-order valence-electron chi connectivity index (χ0n) is 8.77. The lowest BCUT2D eigenvalue weighted by molar-refractivity contribution is -0.160. The van der Waals surface area contributed by atoms with Crippen LogP contribution in [0.15, 0.2) is 4.99 Å². The average Bonchev–Trinajstić information content (AvgIpc) is 2.23. The van der Waals surface area contributed by atoms with Crippen LogP contribution < -0.4 is 5.73 Å². The molecule has 6 heteroatoms. The molecule has 0 amide bonds. The van der Waals surface area contributed by atoms with Crippen LogP contribution in [-0.4, -0.2) is 36.9 Å². The molecule has 0 radical (unpaired) electrons. The number of halogens is 1. The summed E-state index contributed by atoms with van der Waals surface area (Å²) in [7, 11) is 0. The summed E-state index contributed by atoms with van der Waals surface area (Å²) in [4.78, 5) is 25.5. The summed E-state index contributed by atoms with van der Waals surface area (Å²) in [6.45, 7) is 2.90. The van der Waals surface area contributed by atoms with Gasteiger partial charge in [0.1, 0.15) is 18.8 Å². The number of nitrogens with zero attached hydrogens (tertiary/aromatic N) is 1. The fourth-order valence-electron chi connectivity index (χ4n) is 0.780. The summed E-state index contributed by atoms with van der Waals surface area (Å²) >= 11 is 0. The Kier molecular flexibility index (Phi) is 6.44. The molecule has 2 atom stereocenters. The van der Waals surface area contributed by atoms with Gasteiger partial charge >= 0.3 is 11.9 Å². The highest BCUT2D eigenvalue weighted by molar-refractivity contribution is 5.89. The van der Waals surface area contributed by atoms with Crippen molar-refractivity contribution in [2.45, 2.75) is 32.5 Å². The lowest BCUT2D eigenvalue weighted by Gasteiger charge is -2.12. The third-order valence-electron chi connectivity index (χ3n) is 1.67. The maximum Gasteiger partial charge on any atom is 0.335 e. The molecule has 0 spiro atoms. The Balaban J connectivity index is 4.07. The SMILES string of the molecule is CC=NCC(=O)OC(=O)C(N)C(F)CC. The second-order valence-corrected chi connectivity index (χ2v) is 2.84. The van der Waals surface area contributed by atoms with E-state index < -0.39 is 24.2 Å². The van der Waals surface area contributed by atoms with Crippen LogP contribution in [0.1, 0.15) is 20.3 Å². The molecule has 2 N–H and O–H groups in total. The Labute approximate surface area is 87.5 Å². The monoisotopic (exact) mass is 218 g/mol. The van der Waals surface area contributed by atoms with Crippen LogP contribution in [0.25, 0.3) is 0 Å². The smallest absolute Gasteiger partial charge is 0.335 e. The van der Waals surface area contributed by atoms with Gasteiger partial charge in [-0.25, -0.2) is 14.0 Å². The molecule has 0 aromatic carbocycles. The van der Waals surface area contributed by atoms with Crippen LogP contribution in [0, 0.1) is 0 Å². The number of hydrogen-bond acceptors (Lipinski definition) is 5. The maximum absolute atomic E-state index is 12.9. The van der Waals surface area contributed by atoms with Crippen molar-refractivity contribution in [3.05, 3.63) is 0 Å². The van der Waals surface area contributed by atoms with E-state index in [9.17, 15) is 14.0 Å². The van der Waals surface area contributed by atoms with Crippen LogP contribution in [-0.2, 0) is 14.3 Å². The largest absolute Gasteiger partial charge is 0.391 e. The van der Waals surface area contributed by atoms with Crippen molar-refractivity contribution in [2.75, 3.05) is 6.54 Å². The minimum absolute atomic E-state index is 0.0948. The molecule has 0 saturated heterocycles. The number of rotatable bonds is 5. The molecule has 15 heavy (non-hydrogen) atoms. The van der Waals surface area contributed by atoms with Crippen molar-refractivity contribution in [3.8, 4) is 0 Å². The normalized spacial score (nSPS) is 14.9. The summed E-state index contributed by atoms with van der Waals surface area (Å²) in [6.07, 6.45) is -0.00673. The molecule has 0 heterocycles. The van der Waals surface area contributed by atoms with Crippen molar-refractivity contribution >= 4 is 18.2 Å². The Morgan fingerprint density at radius 1 is 1.60 bits per heavy atom. The van der Waals surface area contributed by atoms with E-state index in [1.807, 2.05) is 0 Å². The standard InChI is InChI=1S/C9H15FN2O3/c1-3-6(10)8(11)9(14)15-7(13)5-12-4-2/h4,6,8H,3,5,11H2,1-2H3. The topological polar surface area (TPSA) is 81.8 Å². The van der Waals surface area contributed by atoms with E-state index in [-0.39, 0.29) is 13.0 Å². The predicted octanol–water partition coefficient (Wildman–Crippen LogP) is 0.222. The van der Waals surface area contributed by atoms with Crippen molar-refractivity contribution in [1.82, 2.24) is 0 Å². The molecule has 0 bridgehead atoms. The molecule has 0 rings (SSSR count). The van der Waals surface area contributed by atoms with Gasteiger partial charge in [-0.3, -0.25) is 4.99 Å². The van der Waals surface area contributed by atoms with Crippen molar-refractivity contribution in [2.24, 2.45) is 10.7 Å². The van der Waals surface area contributed by atoms with Crippen molar-refractivity contribution < 1.29 is 18.7 Å². The first kappa shape index (κ1) is 13.7. The first-order chi connectivity index (χ1) is 7.02. The number of alkyl halides is 1. The van der Waals surface area contributed by atoms with Gasteiger partial charge in [-0.2, -0.15) is 0 Å². The van der Waals surface area contributed by atoms with E-state index >= 15 is 0 Å². The van der Waals surface area contributed by atoms with Crippen LogP contribution in [0.2, 0.25) is 0 Å². The average molecular weight is 218 g/mol. The van der Waals surface area contributed by atoms with Gasteiger partial charge in [-0.1, -0.05) is 6.92 Å². The molecule has 0 saturated carbocycles. The van der Waals surface area contributed by atoms with Crippen LogP contribution in [0.5, 0.6) is 0 Å². The summed E-state index contributed by atoms with van der Waals surface area (Å²) in [5.41, 5.74) is 5.21. The van der Waals surface area contributed by atoms with Crippen LogP contribution in [0.3, 0.4) is 0 Å². The number of ether oxygens (including phenoxy) is 1. The molecule has 0 aliphatic heterocycles. The van der Waals surface area contributed by atoms with Gasteiger partial charge in [0, 0.05) is 0 Å². The molecule has 0 fully saturated rings. The number of hydrogen-bond donors (Lipinski definition) is 1. The fraction of sp³-hybridized carbons (Fsp3) is 0.667. The molecule has 86 valence electrons. The first-order valence-corrected chi connectivity index (χ1v) is 4.61. The highest BCUT2D eigenvalue weighted by atomic mass is 19.1. The number of aliphatic imine (C=N–C) groups is 1. The molecule has 5 nitrogen and oxygen atoms in total. The fourth-order valence-corrected chi connectivity index (χ4v) is 0.780. The first-order valence-electron chi connectivity index (χ1n) is 4.61. The second-order valence-electron chi connectivity index (χ2n) is 2.84. The number of carbonyl (C=O) groups excluding carboxylic acids is 2. The van der Waals surface area contributed by atoms with Crippen LogP contribution >= 0.6 is 0 Å².